The van der Waals surface area contributed by atoms with Crippen molar-refractivity contribution in [2.24, 2.45) is 0 Å². The van der Waals surface area contributed by atoms with Gasteiger partial charge in [-0.1, -0.05) is 53.4 Å². The molecule has 3 heteroatoms. The van der Waals surface area contributed by atoms with Gasteiger partial charge in [0, 0.05) is 0 Å². The number of hydrogen-bond acceptors (Lipinski definition) is 0. The van der Waals surface area contributed by atoms with E-state index in [1.807, 2.05) is 0 Å². The van der Waals surface area contributed by atoms with Crippen LogP contribution in [0.25, 0.3) is 0 Å². The molecule has 0 nitrogen and oxygen atoms in total. The molecule has 2 aliphatic carbocycles. The fourth-order valence-electron chi connectivity index (χ4n) is 2.16. The van der Waals surface area contributed by atoms with E-state index in [0.717, 1.165) is 12.8 Å². The van der Waals surface area contributed by atoms with Gasteiger partial charge >= 0.3 is 26.2 Å². The second-order valence-corrected chi connectivity index (χ2v) is 5.33. The standard InChI is InChI=1S/2C9H13.2ClH.Zr/c2*1-4-9-5-7(2)8(3)6-9;;;/h2*4-5H2,1-3H3;2*1H;/q2*-1;;;+4/p-2. The van der Waals surface area contributed by atoms with Crippen molar-refractivity contribution in [3.05, 3.63) is 45.6 Å². The number of halogens is 2. The third kappa shape index (κ3) is 8.58. The number of hydrogen-bond donors (Lipinski definition) is 0. The van der Waals surface area contributed by atoms with Crippen LogP contribution in [0.5, 0.6) is 0 Å². The molecule has 0 saturated carbocycles. The van der Waals surface area contributed by atoms with Crippen molar-refractivity contribution in [2.45, 2.75) is 67.2 Å². The van der Waals surface area contributed by atoms with Gasteiger partial charge in [0.25, 0.3) is 0 Å². The molecule has 0 aromatic carbocycles. The van der Waals surface area contributed by atoms with Crippen LogP contribution in [0.15, 0.2) is 33.4 Å². The van der Waals surface area contributed by atoms with Gasteiger partial charge in [0.05, 0.1) is 0 Å². The molecule has 21 heavy (non-hydrogen) atoms. The molecule has 0 aromatic rings. The van der Waals surface area contributed by atoms with Crippen molar-refractivity contribution in [1.82, 2.24) is 0 Å². The number of rotatable bonds is 2. The van der Waals surface area contributed by atoms with Gasteiger partial charge in [-0.05, 0) is 0 Å². The molecule has 0 N–H and O–H groups in total. The maximum Gasteiger partial charge on any atom is 4.00 e. The van der Waals surface area contributed by atoms with Crippen molar-refractivity contribution >= 4 is 0 Å². The van der Waals surface area contributed by atoms with Crippen LogP contribution in [0.2, 0.25) is 0 Å². The summed E-state index contributed by atoms with van der Waals surface area (Å²) in [5.74, 6) is 0. The zero-order chi connectivity index (χ0) is 13.7. The van der Waals surface area contributed by atoms with Crippen LogP contribution in [0.3, 0.4) is 0 Å². The molecule has 0 aromatic heterocycles. The minimum Gasteiger partial charge on any atom is -1.00 e. The van der Waals surface area contributed by atoms with Crippen LogP contribution in [-0.2, 0) is 26.2 Å². The first-order valence-electron chi connectivity index (χ1n) is 7.04. The van der Waals surface area contributed by atoms with E-state index in [1.54, 1.807) is 0 Å². The van der Waals surface area contributed by atoms with Gasteiger partial charge in [0.2, 0.25) is 0 Å². The maximum absolute atomic E-state index is 3.35. The average molecular weight is 405 g/mol. The van der Waals surface area contributed by atoms with Gasteiger partial charge in [-0.3, -0.25) is 0 Å². The van der Waals surface area contributed by atoms with E-state index in [4.69, 9.17) is 0 Å². The minimum absolute atomic E-state index is 0. The molecule has 0 bridgehead atoms. The predicted octanol–water partition coefficient (Wildman–Crippen LogP) is -0.262. The Hall–Kier alpha value is 0.423. The second-order valence-electron chi connectivity index (χ2n) is 5.33. The molecule has 0 radical (unpaired) electrons. The Morgan fingerprint density at radius 2 is 1.00 bits per heavy atom. The largest absolute Gasteiger partial charge is 4.00 e. The van der Waals surface area contributed by atoms with Gasteiger partial charge < -0.3 is 24.8 Å². The Morgan fingerprint density at radius 3 is 1.10 bits per heavy atom. The Kier molecular flexibility index (Phi) is 16.2. The Morgan fingerprint density at radius 1 is 0.714 bits per heavy atom. The SMILES string of the molecule is CCC1=[C-]C(C)=C(C)C1.CCC1=[C-]C(C)=C(C)C1.[Cl-].[Cl-].[Zr+4]. The minimum atomic E-state index is 0. The zero-order valence-electron chi connectivity index (χ0n) is 14.1. The first-order chi connectivity index (χ1) is 8.47. The fourth-order valence-corrected chi connectivity index (χ4v) is 2.16. The van der Waals surface area contributed by atoms with E-state index in [0.29, 0.717) is 0 Å². The Balaban J connectivity index is -0.000000270. The number of allylic oxidation sites excluding steroid dienone is 8. The van der Waals surface area contributed by atoms with Gasteiger partial charge in [0.15, 0.2) is 0 Å². The average Bonchev–Trinajstić information content (AvgIpc) is 2.84. The third-order valence-corrected chi connectivity index (χ3v) is 3.82. The molecule has 2 aliphatic rings. The predicted molar refractivity (Wildman–Crippen MR) is 80.1 cm³/mol. The molecule has 0 atom stereocenters. The van der Waals surface area contributed by atoms with E-state index < -0.39 is 0 Å². The summed E-state index contributed by atoms with van der Waals surface area (Å²) in [6, 6.07) is 0. The van der Waals surface area contributed by atoms with Crippen molar-refractivity contribution in [3.8, 4) is 0 Å². The van der Waals surface area contributed by atoms with Crippen molar-refractivity contribution in [2.75, 3.05) is 0 Å². The molecular formula is C18H26Cl2Zr. The summed E-state index contributed by atoms with van der Waals surface area (Å²) in [6.45, 7) is 13.0. The summed E-state index contributed by atoms with van der Waals surface area (Å²) in [5.41, 5.74) is 8.62. The molecule has 0 amide bonds. The quantitative estimate of drug-likeness (QED) is 0.557. The van der Waals surface area contributed by atoms with E-state index in [1.165, 1.54) is 46.3 Å². The molecule has 0 aliphatic heterocycles. The van der Waals surface area contributed by atoms with Gasteiger partial charge in [-0.2, -0.15) is 11.1 Å². The molecule has 2 rings (SSSR count). The van der Waals surface area contributed by atoms with Crippen LogP contribution in [-0.4, -0.2) is 0 Å². The van der Waals surface area contributed by atoms with Gasteiger partial charge in [-0.15, -0.1) is 13.8 Å². The van der Waals surface area contributed by atoms with E-state index >= 15 is 0 Å². The summed E-state index contributed by atoms with van der Waals surface area (Å²) in [4.78, 5) is 0. The summed E-state index contributed by atoms with van der Waals surface area (Å²) >= 11 is 0. The Bertz CT molecular complexity index is 398. The summed E-state index contributed by atoms with van der Waals surface area (Å²) in [7, 11) is 0. The fraction of sp³-hybridized carbons (Fsp3) is 0.556. The summed E-state index contributed by atoms with van der Waals surface area (Å²) in [6.07, 6.45) is 11.4. The molecule has 0 heterocycles. The van der Waals surface area contributed by atoms with Crippen molar-refractivity contribution in [3.63, 3.8) is 0 Å². The van der Waals surface area contributed by atoms with Crippen LogP contribution < -0.4 is 24.8 Å². The first kappa shape index (κ1) is 26.3. The zero-order valence-corrected chi connectivity index (χ0v) is 18.1. The topological polar surface area (TPSA) is 0 Å². The Labute approximate surface area is 163 Å². The molecule has 0 fully saturated rings. The molecule has 0 saturated heterocycles. The van der Waals surface area contributed by atoms with E-state index in [2.05, 4.69) is 53.7 Å². The van der Waals surface area contributed by atoms with Crippen LogP contribution >= 0.6 is 0 Å². The van der Waals surface area contributed by atoms with Crippen LogP contribution in [0.1, 0.15) is 67.2 Å². The molecule has 0 spiro atoms. The summed E-state index contributed by atoms with van der Waals surface area (Å²) in [5, 5.41) is 0. The van der Waals surface area contributed by atoms with Crippen LogP contribution in [0.4, 0.5) is 0 Å². The van der Waals surface area contributed by atoms with Gasteiger partial charge in [-0.25, -0.2) is 34.4 Å². The second kappa shape index (κ2) is 12.9. The van der Waals surface area contributed by atoms with E-state index in [9.17, 15) is 0 Å². The smallest absolute Gasteiger partial charge is 1.00 e. The maximum atomic E-state index is 3.35. The first-order valence-corrected chi connectivity index (χ1v) is 7.04. The van der Waals surface area contributed by atoms with Crippen molar-refractivity contribution in [1.29, 1.82) is 0 Å². The monoisotopic (exact) mass is 402 g/mol. The third-order valence-electron chi connectivity index (χ3n) is 3.82. The van der Waals surface area contributed by atoms with Crippen molar-refractivity contribution < 1.29 is 51.0 Å². The molecule has 116 valence electrons. The van der Waals surface area contributed by atoms with Crippen LogP contribution in [0, 0.1) is 12.2 Å². The van der Waals surface area contributed by atoms with E-state index in [-0.39, 0.29) is 51.0 Å². The van der Waals surface area contributed by atoms with Gasteiger partial charge in [0.1, 0.15) is 0 Å². The normalized spacial score (nSPS) is 16.1. The molecular weight excluding hydrogens is 378 g/mol. The molecule has 0 unspecified atom stereocenters. The summed E-state index contributed by atoms with van der Waals surface area (Å²) < 4.78 is 0.